The number of halogens is 1. The van der Waals surface area contributed by atoms with Gasteiger partial charge in [0.25, 0.3) is 5.91 Å². The molecule has 0 fully saturated rings. The zero-order valence-electron chi connectivity index (χ0n) is 16.1. The fourth-order valence-electron chi connectivity index (χ4n) is 3.41. The van der Waals surface area contributed by atoms with Gasteiger partial charge in [-0.2, -0.15) is 5.10 Å². The average molecular weight is 406 g/mol. The number of phenols is 1. The van der Waals surface area contributed by atoms with Crippen molar-refractivity contribution in [1.82, 2.24) is 10.2 Å². The minimum atomic E-state index is -0.325. The number of rotatable bonds is 4. The molecular weight excluding hydrogens is 386 g/mol. The van der Waals surface area contributed by atoms with Crippen LogP contribution in [0.2, 0.25) is 5.02 Å². The number of hydrogen-bond donors (Lipinski definition) is 2. The van der Waals surface area contributed by atoms with Crippen LogP contribution >= 0.6 is 11.6 Å². The number of H-pyrrole nitrogens is 1. The third kappa shape index (κ3) is 3.82. The van der Waals surface area contributed by atoms with Gasteiger partial charge in [0.2, 0.25) is 0 Å². The monoisotopic (exact) mass is 405 g/mol. The molecule has 1 heterocycles. The van der Waals surface area contributed by atoms with Gasteiger partial charge in [0.05, 0.1) is 11.1 Å². The lowest BCUT2D eigenvalue weighted by molar-refractivity contribution is 0.0990. The van der Waals surface area contributed by atoms with Gasteiger partial charge >= 0.3 is 0 Å². The van der Waals surface area contributed by atoms with Gasteiger partial charge in [-0.1, -0.05) is 47.5 Å². The van der Waals surface area contributed by atoms with Crippen LogP contribution < -0.4 is 4.90 Å². The molecule has 0 radical (unpaired) electrons. The van der Waals surface area contributed by atoms with Crippen molar-refractivity contribution >= 4 is 34.1 Å². The molecule has 0 unspecified atom stereocenters. The summed E-state index contributed by atoms with van der Waals surface area (Å²) in [5.74, 6) is -0.431. The van der Waals surface area contributed by atoms with Gasteiger partial charge in [0, 0.05) is 41.3 Å². The van der Waals surface area contributed by atoms with Gasteiger partial charge in [0.15, 0.2) is 0 Å². The second kappa shape index (κ2) is 7.60. The number of fused-ring (bicyclic) bond motifs is 1. The Kier molecular flexibility index (Phi) is 4.99. The molecule has 6 heteroatoms. The van der Waals surface area contributed by atoms with Crippen LogP contribution in [-0.2, 0) is 6.42 Å². The summed E-state index contributed by atoms with van der Waals surface area (Å²) in [4.78, 5) is 14.5. The number of nitrogens with one attached hydrogen (secondary N) is 1. The number of carbonyl (C=O) groups is 1. The SMILES string of the molecule is Cc1cccc(Cc2[nH]nc3cc(O)c(C(=O)N(C)c4cccc(Cl)c4)cc23)c1. The zero-order valence-corrected chi connectivity index (χ0v) is 16.9. The molecule has 1 amide bonds. The minimum Gasteiger partial charge on any atom is -0.507 e. The first-order chi connectivity index (χ1) is 13.9. The fraction of sp³-hybridized carbons (Fsp3) is 0.130. The largest absolute Gasteiger partial charge is 0.507 e. The van der Waals surface area contributed by atoms with Crippen LogP contribution in [0.25, 0.3) is 10.9 Å². The summed E-state index contributed by atoms with van der Waals surface area (Å²) in [6.45, 7) is 2.05. The predicted octanol–water partition coefficient (Wildman–Crippen LogP) is 5.10. The third-order valence-electron chi connectivity index (χ3n) is 4.94. The van der Waals surface area contributed by atoms with E-state index in [0.29, 0.717) is 22.6 Å². The van der Waals surface area contributed by atoms with Crippen molar-refractivity contribution < 1.29 is 9.90 Å². The molecule has 0 spiro atoms. The van der Waals surface area contributed by atoms with Gasteiger partial charge in [0.1, 0.15) is 5.75 Å². The maximum absolute atomic E-state index is 13.0. The van der Waals surface area contributed by atoms with Crippen molar-refractivity contribution in [1.29, 1.82) is 0 Å². The highest BCUT2D eigenvalue weighted by Gasteiger charge is 2.20. The molecule has 0 atom stereocenters. The Hall–Kier alpha value is -3.31. The van der Waals surface area contributed by atoms with Crippen LogP contribution in [0, 0.1) is 6.92 Å². The Bertz CT molecular complexity index is 1220. The molecule has 0 aliphatic heterocycles. The Labute approximate surface area is 173 Å². The number of anilines is 1. The van der Waals surface area contributed by atoms with Crippen molar-refractivity contribution in [3.8, 4) is 5.75 Å². The molecule has 29 heavy (non-hydrogen) atoms. The van der Waals surface area contributed by atoms with E-state index in [9.17, 15) is 9.90 Å². The summed E-state index contributed by atoms with van der Waals surface area (Å²) in [5, 5.41) is 19.1. The Morgan fingerprint density at radius 1 is 1.14 bits per heavy atom. The van der Waals surface area contributed by atoms with Crippen molar-refractivity contribution in [3.63, 3.8) is 0 Å². The van der Waals surface area contributed by atoms with Gasteiger partial charge < -0.3 is 10.0 Å². The normalized spacial score (nSPS) is 11.0. The number of aromatic hydroxyl groups is 1. The van der Waals surface area contributed by atoms with Crippen molar-refractivity contribution in [2.45, 2.75) is 13.3 Å². The van der Waals surface area contributed by atoms with E-state index in [1.807, 2.05) is 6.07 Å². The molecule has 0 aliphatic carbocycles. The van der Waals surface area contributed by atoms with E-state index in [2.05, 4.69) is 35.3 Å². The van der Waals surface area contributed by atoms with Crippen LogP contribution in [0.5, 0.6) is 5.75 Å². The molecule has 1 aromatic heterocycles. The molecule has 4 aromatic rings. The number of benzene rings is 3. The van der Waals surface area contributed by atoms with E-state index in [1.165, 1.54) is 16.5 Å². The number of aromatic amines is 1. The first-order valence-electron chi connectivity index (χ1n) is 9.21. The first kappa shape index (κ1) is 19.0. The predicted molar refractivity (Wildman–Crippen MR) is 116 cm³/mol. The number of carbonyl (C=O) groups excluding carboxylic acids is 1. The highest BCUT2D eigenvalue weighted by Crippen LogP contribution is 2.29. The topological polar surface area (TPSA) is 69.2 Å². The standard InChI is InChI=1S/C23H20ClN3O2/c1-14-5-3-6-15(9-14)10-20-18-12-19(22(28)13-21(18)26-25-20)23(29)27(2)17-8-4-7-16(24)11-17/h3-9,11-13,28H,10H2,1-2H3,(H,25,26). The van der Waals surface area contributed by atoms with Crippen molar-refractivity contribution in [3.05, 3.63) is 88.1 Å². The van der Waals surface area contributed by atoms with E-state index >= 15 is 0 Å². The average Bonchev–Trinajstić information content (AvgIpc) is 3.07. The molecule has 0 saturated heterocycles. The smallest absolute Gasteiger partial charge is 0.261 e. The molecule has 146 valence electrons. The molecule has 2 N–H and O–H groups in total. The second-order valence-electron chi connectivity index (χ2n) is 7.10. The van der Waals surface area contributed by atoms with Crippen molar-refractivity contribution in [2.75, 3.05) is 11.9 Å². The molecule has 3 aromatic carbocycles. The number of aromatic nitrogens is 2. The van der Waals surface area contributed by atoms with Crippen LogP contribution in [-0.4, -0.2) is 28.3 Å². The fourth-order valence-corrected chi connectivity index (χ4v) is 3.60. The van der Waals surface area contributed by atoms with Crippen LogP contribution in [0.4, 0.5) is 5.69 Å². The summed E-state index contributed by atoms with van der Waals surface area (Å²) < 4.78 is 0. The van der Waals surface area contributed by atoms with Crippen LogP contribution in [0.1, 0.15) is 27.2 Å². The summed E-state index contributed by atoms with van der Waals surface area (Å²) >= 11 is 6.04. The maximum atomic E-state index is 13.0. The minimum absolute atomic E-state index is 0.106. The highest BCUT2D eigenvalue weighted by atomic mass is 35.5. The van der Waals surface area contributed by atoms with Gasteiger partial charge in [-0.3, -0.25) is 9.89 Å². The zero-order chi connectivity index (χ0) is 20.5. The lowest BCUT2D eigenvalue weighted by atomic mass is 10.0. The highest BCUT2D eigenvalue weighted by molar-refractivity contribution is 6.31. The van der Waals surface area contributed by atoms with E-state index < -0.39 is 0 Å². The lowest BCUT2D eigenvalue weighted by Crippen LogP contribution is -2.26. The maximum Gasteiger partial charge on any atom is 0.261 e. The number of phenolic OH excluding ortho intramolecular Hbond substituents is 1. The molecule has 0 bridgehead atoms. The third-order valence-corrected chi connectivity index (χ3v) is 5.18. The lowest BCUT2D eigenvalue weighted by Gasteiger charge is -2.18. The number of amides is 1. The van der Waals surface area contributed by atoms with Gasteiger partial charge in [-0.15, -0.1) is 0 Å². The Balaban J connectivity index is 1.71. The molecular formula is C23H20ClN3O2. The van der Waals surface area contributed by atoms with Gasteiger partial charge in [-0.25, -0.2) is 0 Å². The first-order valence-corrected chi connectivity index (χ1v) is 9.59. The van der Waals surface area contributed by atoms with Crippen LogP contribution in [0.15, 0.2) is 60.7 Å². The Morgan fingerprint density at radius 2 is 1.93 bits per heavy atom. The number of aryl methyl sites for hydroxylation is 1. The summed E-state index contributed by atoms with van der Waals surface area (Å²) in [6, 6.07) is 18.5. The van der Waals surface area contributed by atoms with E-state index in [1.54, 1.807) is 37.4 Å². The van der Waals surface area contributed by atoms with E-state index in [4.69, 9.17) is 11.6 Å². The summed E-state index contributed by atoms with van der Waals surface area (Å²) in [7, 11) is 1.65. The second-order valence-corrected chi connectivity index (χ2v) is 7.53. The molecule has 0 aliphatic rings. The quantitative estimate of drug-likeness (QED) is 0.496. The van der Waals surface area contributed by atoms with E-state index in [0.717, 1.165) is 16.6 Å². The van der Waals surface area contributed by atoms with Crippen molar-refractivity contribution in [2.24, 2.45) is 0 Å². The van der Waals surface area contributed by atoms with Crippen LogP contribution in [0.3, 0.4) is 0 Å². The molecule has 4 rings (SSSR count). The van der Waals surface area contributed by atoms with Gasteiger partial charge in [-0.05, 0) is 36.8 Å². The molecule has 5 nitrogen and oxygen atoms in total. The summed E-state index contributed by atoms with van der Waals surface area (Å²) in [6.07, 6.45) is 0.653. The Morgan fingerprint density at radius 3 is 2.69 bits per heavy atom. The summed E-state index contributed by atoms with van der Waals surface area (Å²) in [5.41, 5.74) is 4.70. The van der Waals surface area contributed by atoms with E-state index in [-0.39, 0.29) is 17.2 Å². The number of hydrogen-bond acceptors (Lipinski definition) is 3. The molecule has 0 saturated carbocycles. The number of nitrogens with zero attached hydrogens (tertiary/aromatic N) is 2.